The highest BCUT2D eigenvalue weighted by Crippen LogP contribution is 2.28. The normalized spacial score (nSPS) is 19.7. The van der Waals surface area contributed by atoms with Gasteiger partial charge in [-0.2, -0.15) is 0 Å². The Bertz CT molecular complexity index is 625. The number of aliphatic hydroxyl groups is 1. The number of nitrogens with one attached hydrogen (secondary N) is 1. The van der Waals surface area contributed by atoms with Gasteiger partial charge in [0.1, 0.15) is 5.82 Å². The molecule has 1 aromatic carbocycles. The van der Waals surface area contributed by atoms with E-state index in [4.69, 9.17) is 0 Å². The molecule has 1 amide bonds. The minimum Gasteiger partial charge on any atom is -0.394 e. The molecule has 1 unspecified atom stereocenters. The first-order valence-electron chi connectivity index (χ1n) is 7.65. The highest BCUT2D eigenvalue weighted by atomic mass is 32.2. The van der Waals surface area contributed by atoms with Gasteiger partial charge in [0.05, 0.1) is 34.7 Å². The predicted octanol–water partition coefficient (Wildman–Crippen LogP) is 2.34. The van der Waals surface area contributed by atoms with E-state index in [1.165, 1.54) is 0 Å². The maximum absolute atomic E-state index is 12.3. The van der Waals surface area contributed by atoms with E-state index in [0.29, 0.717) is 5.75 Å². The number of para-hydroxylation sites is 2. The molecular weight excluding hydrogens is 298 g/mol. The molecule has 1 aliphatic heterocycles. The number of hydrogen-bond donors (Lipinski definition) is 2. The number of carbonyl (C=O) groups excluding carboxylic acids is 1. The van der Waals surface area contributed by atoms with Crippen molar-refractivity contribution in [3.05, 3.63) is 30.1 Å². The number of nitrogens with zero attached hydrogens (tertiary/aromatic N) is 2. The number of hydrogen-bond acceptors (Lipinski definition) is 4. The van der Waals surface area contributed by atoms with Crippen molar-refractivity contribution in [2.24, 2.45) is 0 Å². The number of likely N-dealkylation sites (tertiary alicyclic amines) is 1. The lowest BCUT2D eigenvalue weighted by Crippen LogP contribution is -2.38. The third kappa shape index (κ3) is 3.13. The van der Waals surface area contributed by atoms with Crippen molar-refractivity contribution in [3.8, 4) is 0 Å². The zero-order valence-electron chi connectivity index (χ0n) is 12.7. The van der Waals surface area contributed by atoms with Gasteiger partial charge in [0.2, 0.25) is 5.91 Å². The molecule has 1 aromatic heterocycles. The lowest BCUT2D eigenvalue weighted by atomic mass is 10.2. The Kier molecular flexibility index (Phi) is 4.69. The fourth-order valence-corrected chi connectivity index (χ4v) is 3.70. The number of H-pyrrole nitrogens is 1. The fourth-order valence-electron chi connectivity index (χ4n) is 2.88. The smallest absolute Gasteiger partial charge is 0.232 e. The van der Waals surface area contributed by atoms with Gasteiger partial charge in [-0.1, -0.05) is 12.1 Å². The summed E-state index contributed by atoms with van der Waals surface area (Å²) in [5, 5.41) is 9.44. The van der Waals surface area contributed by atoms with Crippen LogP contribution in [0.25, 0.3) is 11.0 Å². The van der Waals surface area contributed by atoms with Crippen LogP contribution in [0.3, 0.4) is 0 Å². The topological polar surface area (TPSA) is 69.2 Å². The molecule has 22 heavy (non-hydrogen) atoms. The number of carbonyl (C=O) groups is 1. The number of thioether (sulfide) groups is 1. The van der Waals surface area contributed by atoms with E-state index in [9.17, 15) is 9.90 Å². The zero-order chi connectivity index (χ0) is 15.5. The molecule has 1 saturated heterocycles. The van der Waals surface area contributed by atoms with E-state index in [1.54, 1.807) is 11.8 Å². The summed E-state index contributed by atoms with van der Waals surface area (Å²) in [6, 6.07) is 7.94. The van der Waals surface area contributed by atoms with Gasteiger partial charge in [-0.3, -0.25) is 4.79 Å². The van der Waals surface area contributed by atoms with Gasteiger partial charge in [0.25, 0.3) is 0 Å². The first-order chi connectivity index (χ1) is 10.7. The van der Waals surface area contributed by atoms with E-state index in [1.807, 2.05) is 29.2 Å². The summed E-state index contributed by atoms with van der Waals surface area (Å²) < 4.78 is 0. The van der Waals surface area contributed by atoms with Gasteiger partial charge in [0.15, 0.2) is 0 Å². The Labute approximate surface area is 134 Å². The Hall–Kier alpha value is -1.53. The number of imidazole rings is 1. The van der Waals surface area contributed by atoms with Crippen LogP contribution in [-0.2, 0) is 4.79 Å². The standard InChI is InChI=1S/C16H21N3O2S/c1-11(16-17-13-6-2-3-7-14(13)18-16)22-10-15(21)19-8-4-5-12(19)9-20/h2-3,6-7,11-12,20H,4-5,8-10H2,1H3,(H,17,18)/t11?,12-/m1/s1. The van der Waals surface area contributed by atoms with Gasteiger partial charge in [-0.05, 0) is 31.9 Å². The molecule has 0 saturated carbocycles. The van der Waals surface area contributed by atoms with Crippen molar-refractivity contribution < 1.29 is 9.90 Å². The average Bonchev–Trinajstić information content (AvgIpc) is 3.17. The van der Waals surface area contributed by atoms with Crippen LogP contribution in [0, 0.1) is 0 Å². The molecular formula is C16H21N3O2S. The van der Waals surface area contributed by atoms with E-state index in [2.05, 4.69) is 16.9 Å². The van der Waals surface area contributed by atoms with Crippen LogP contribution in [0.5, 0.6) is 0 Å². The largest absolute Gasteiger partial charge is 0.394 e. The van der Waals surface area contributed by atoms with Gasteiger partial charge < -0.3 is 15.0 Å². The summed E-state index contributed by atoms with van der Waals surface area (Å²) in [5.41, 5.74) is 1.98. The van der Waals surface area contributed by atoms with Crippen LogP contribution >= 0.6 is 11.8 Å². The fraction of sp³-hybridized carbons (Fsp3) is 0.500. The number of benzene rings is 1. The highest BCUT2D eigenvalue weighted by molar-refractivity contribution is 8.00. The summed E-state index contributed by atoms with van der Waals surface area (Å²) >= 11 is 1.59. The van der Waals surface area contributed by atoms with E-state index in [-0.39, 0.29) is 23.8 Å². The maximum Gasteiger partial charge on any atom is 0.232 e. The van der Waals surface area contributed by atoms with Gasteiger partial charge in [-0.25, -0.2) is 4.98 Å². The molecule has 2 atom stereocenters. The van der Waals surface area contributed by atoms with Crippen molar-refractivity contribution in [1.82, 2.24) is 14.9 Å². The second-order valence-electron chi connectivity index (χ2n) is 5.66. The van der Waals surface area contributed by atoms with Crippen LogP contribution in [0.4, 0.5) is 0 Å². The Morgan fingerprint density at radius 1 is 1.55 bits per heavy atom. The van der Waals surface area contributed by atoms with Crippen LogP contribution in [-0.4, -0.2) is 50.8 Å². The van der Waals surface area contributed by atoms with Crippen molar-refractivity contribution in [3.63, 3.8) is 0 Å². The average molecular weight is 319 g/mol. The quantitative estimate of drug-likeness (QED) is 0.887. The molecule has 6 heteroatoms. The third-order valence-corrected chi connectivity index (χ3v) is 5.29. The molecule has 0 radical (unpaired) electrons. The number of aromatic nitrogens is 2. The van der Waals surface area contributed by atoms with Crippen molar-refractivity contribution in [1.29, 1.82) is 0 Å². The van der Waals surface area contributed by atoms with Crippen LogP contribution in [0.1, 0.15) is 30.8 Å². The lowest BCUT2D eigenvalue weighted by Gasteiger charge is -2.23. The molecule has 5 nitrogen and oxygen atoms in total. The van der Waals surface area contributed by atoms with E-state index < -0.39 is 0 Å². The minimum absolute atomic E-state index is 0.00890. The number of aliphatic hydroxyl groups excluding tert-OH is 1. The lowest BCUT2D eigenvalue weighted by molar-refractivity contribution is -0.129. The summed E-state index contributed by atoms with van der Waals surface area (Å²) in [4.78, 5) is 22.0. The first kappa shape index (κ1) is 15.4. The SMILES string of the molecule is CC(SCC(=O)N1CCC[C@@H]1CO)c1nc2ccccc2[nH]1. The molecule has 2 N–H and O–H groups in total. The predicted molar refractivity (Wildman–Crippen MR) is 88.8 cm³/mol. The number of fused-ring (bicyclic) bond motifs is 1. The van der Waals surface area contributed by atoms with Crippen molar-refractivity contribution in [2.75, 3.05) is 18.9 Å². The highest BCUT2D eigenvalue weighted by Gasteiger charge is 2.28. The Balaban J connectivity index is 1.59. The number of amides is 1. The summed E-state index contributed by atoms with van der Waals surface area (Å²) in [5.74, 6) is 1.44. The molecule has 118 valence electrons. The third-order valence-electron chi connectivity index (χ3n) is 4.16. The van der Waals surface area contributed by atoms with Crippen molar-refractivity contribution >= 4 is 28.7 Å². The Morgan fingerprint density at radius 2 is 2.36 bits per heavy atom. The second kappa shape index (κ2) is 6.71. The summed E-state index contributed by atoms with van der Waals surface area (Å²) in [6.45, 7) is 2.89. The maximum atomic E-state index is 12.3. The molecule has 3 rings (SSSR count). The number of aromatic amines is 1. The summed E-state index contributed by atoms with van der Waals surface area (Å²) in [6.07, 6.45) is 1.90. The first-order valence-corrected chi connectivity index (χ1v) is 8.70. The molecule has 1 aliphatic rings. The monoisotopic (exact) mass is 319 g/mol. The minimum atomic E-state index is 0.00890. The van der Waals surface area contributed by atoms with Gasteiger partial charge in [0, 0.05) is 6.54 Å². The van der Waals surface area contributed by atoms with Crippen LogP contribution in [0.2, 0.25) is 0 Å². The molecule has 2 heterocycles. The number of rotatable bonds is 5. The second-order valence-corrected chi connectivity index (χ2v) is 6.99. The van der Waals surface area contributed by atoms with Gasteiger partial charge in [-0.15, -0.1) is 11.8 Å². The molecule has 1 fully saturated rings. The van der Waals surface area contributed by atoms with Gasteiger partial charge >= 0.3 is 0 Å². The van der Waals surface area contributed by atoms with Crippen LogP contribution in [0.15, 0.2) is 24.3 Å². The Morgan fingerprint density at radius 3 is 3.14 bits per heavy atom. The van der Waals surface area contributed by atoms with E-state index in [0.717, 1.165) is 36.2 Å². The molecule has 0 aliphatic carbocycles. The summed E-state index contributed by atoms with van der Waals surface area (Å²) in [7, 11) is 0. The molecule has 2 aromatic rings. The van der Waals surface area contributed by atoms with Crippen molar-refractivity contribution in [2.45, 2.75) is 31.1 Å². The molecule has 0 spiro atoms. The zero-order valence-corrected chi connectivity index (χ0v) is 13.5. The molecule has 0 bridgehead atoms. The van der Waals surface area contributed by atoms with Crippen LogP contribution < -0.4 is 0 Å². The van der Waals surface area contributed by atoms with E-state index >= 15 is 0 Å².